The predicted molar refractivity (Wildman–Crippen MR) is 208 cm³/mol. The fourth-order valence-corrected chi connectivity index (χ4v) is 7.89. The number of nitrogens with zero attached hydrogens (tertiary/aromatic N) is 4. The van der Waals surface area contributed by atoms with Gasteiger partial charge in [0.05, 0.1) is 28.9 Å². The summed E-state index contributed by atoms with van der Waals surface area (Å²) >= 11 is 13.2. The van der Waals surface area contributed by atoms with Crippen LogP contribution in [0.2, 0.25) is 5.02 Å². The fraction of sp³-hybridized carbons (Fsp3) is 0.390. The van der Waals surface area contributed by atoms with E-state index < -0.39 is 17.7 Å². The zero-order chi connectivity index (χ0) is 38.0. The molecule has 280 valence electrons. The van der Waals surface area contributed by atoms with Crippen LogP contribution >= 0.6 is 23.2 Å². The lowest BCUT2D eigenvalue weighted by atomic mass is 9.94. The molecule has 0 spiro atoms. The molecule has 1 saturated heterocycles. The van der Waals surface area contributed by atoms with Gasteiger partial charge in [-0.2, -0.15) is 5.10 Å². The van der Waals surface area contributed by atoms with E-state index in [0.717, 1.165) is 33.8 Å². The number of aryl methyl sites for hydroxylation is 2. The van der Waals surface area contributed by atoms with Crippen molar-refractivity contribution in [1.82, 2.24) is 19.2 Å². The zero-order valence-corrected chi connectivity index (χ0v) is 32.2. The molecule has 9 nitrogen and oxygen atoms in total. The third-order valence-corrected chi connectivity index (χ3v) is 10.1. The van der Waals surface area contributed by atoms with E-state index in [1.807, 2.05) is 75.8 Å². The van der Waals surface area contributed by atoms with Crippen LogP contribution in [0.15, 0.2) is 60.7 Å². The van der Waals surface area contributed by atoms with Crippen LogP contribution in [-0.2, 0) is 31.2 Å². The highest BCUT2D eigenvalue weighted by atomic mass is 35.5. The molecule has 6 rings (SSSR count). The van der Waals surface area contributed by atoms with Crippen LogP contribution in [0.3, 0.4) is 0 Å². The van der Waals surface area contributed by atoms with Gasteiger partial charge in [0.2, 0.25) is 0 Å². The molecular formula is C41H45Cl2FN4O5. The number of carboxylic acid groups (broad SMARTS) is 1. The van der Waals surface area contributed by atoms with Crippen LogP contribution in [0, 0.1) is 5.82 Å². The number of aromatic nitrogens is 3. The summed E-state index contributed by atoms with van der Waals surface area (Å²) in [6, 6.07) is 13.4. The largest absolute Gasteiger partial charge is 0.493 e. The number of benzene rings is 3. The Hall–Kier alpha value is -4.54. The topological polar surface area (TPSA) is 98.8 Å². The Labute approximate surface area is 318 Å². The second kappa shape index (κ2) is 15.8. The number of hydrogen-bond acceptors (Lipinski definition) is 5. The van der Waals surface area contributed by atoms with Gasteiger partial charge in [-0.1, -0.05) is 48.9 Å². The Morgan fingerprint density at radius 2 is 1.87 bits per heavy atom. The summed E-state index contributed by atoms with van der Waals surface area (Å²) in [6.07, 6.45) is 6.25. The molecule has 3 aromatic carbocycles. The van der Waals surface area contributed by atoms with E-state index in [1.54, 1.807) is 21.6 Å². The molecular weight excluding hydrogens is 718 g/mol. The molecule has 2 aromatic heterocycles. The monoisotopic (exact) mass is 762 g/mol. The number of carbonyl (C=O) groups excluding carboxylic acids is 1. The molecule has 1 unspecified atom stereocenters. The van der Waals surface area contributed by atoms with Crippen molar-refractivity contribution in [2.24, 2.45) is 7.05 Å². The third kappa shape index (κ3) is 7.76. The third-order valence-electron chi connectivity index (χ3n) is 9.63. The number of likely N-dealkylation sites (tertiary alicyclic amines) is 1. The smallest absolute Gasteiger partial charge is 0.410 e. The van der Waals surface area contributed by atoms with E-state index in [1.165, 1.54) is 12.1 Å². The van der Waals surface area contributed by atoms with Crippen molar-refractivity contribution in [1.29, 1.82) is 0 Å². The number of carbonyl (C=O) groups is 2. The highest BCUT2D eigenvalue weighted by Gasteiger charge is 2.38. The Morgan fingerprint density at radius 1 is 1.09 bits per heavy atom. The van der Waals surface area contributed by atoms with Crippen LogP contribution in [-0.4, -0.2) is 61.0 Å². The summed E-state index contributed by atoms with van der Waals surface area (Å²) in [6.45, 7) is 8.66. The standard InChI is InChI=1S/C41H45Cl2FN4O5/c1-6-31-35(36(45-46(31)5)32-14-10-22-47(32)40(51)53-41(2,3)4)34-30(43)19-18-29-28(38(39(49)50)48(37(29)34)21-8-7-20-42)13-11-23-52-33-15-9-12-25-24-26(44)16-17-27(25)33/h7-9,12,15-19,24,32H,6,10-11,13-14,20-23H2,1-5H3,(H,49,50)/b8-7-. The normalized spacial score (nSPS) is 14.9. The number of carboxylic acids is 1. The second-order valence-electron chi connectivity index (χ2n) is 14.3. The first-order valence-corrected chi connectivity index (χ1v) is 18.9. The average molecular weight is 764 g/mol. The molecule has 1 amide bonds. The molecule has 12 heteroatoms. The van der Waals surface area contributed by atoms with Crippen LogP contribution in [0.4, 0.5) is 9.18 Å². The lowest BCUT2D eigenvalue weighted by Crippen LogP contribution is -2.36. The maximum Gasteiger partial charge on any atom is 0.410 e. The van der Waals surface area contributed by atoms with E-state index >= 15 is 0 Å². The molecule has 0 saturated carbocycles. The van der Waals surface area contributed by atoms with Gasteiger partial charge in [0.25, 0.3) is 0 Å². The summed E-state index contributed by atoms with van der Waals surface area (Å²) in [5.74, 6) is -0.480. The van der Waals surface area contributed by atoms with Crippen LogP contribution in [0.25, 0.3) is 32.8 Å². The summed E-state index contributed by atoms with van der Waals surface area (Å²) < 4.78 is 29.5. The molecule has 0 radical (unpaired) electrons. The first-order chi connectivity index (χ1) is 25.3. The second-order valence-corrected chi connectivity index (χ2v) is 15.0. The van der Waals surface area contributed by atoms with Gasteiger partial charge < -0.3 is 19.1 Å². The van der Waals surface area contributed by atoms with Crippen LogP contribution < -0.4 is 4.74 Å². The van der Waals surface area contributed by atoms with Gasteiger partial charge in [0, 0.05) is 53.6 Å². The van der Waals surface area contributed by atoms with E-state index in [0.29, 0.717) is 71.9 Å². The Balaban J connectivity index is 1.46. The van der Waals surface area contributed by atoms with E-state index in [9.17, 15) is 19.1 Å². The lowest BCUT2D eigenvalue weighted by molar-refractivity contribution is 0.0221. The number of ether oxygens (including phenoxy) is 2. The quantitative estimate of drug-likeness (QED) is 0.0772. The lowest BCUT2D eigenvalue weighted by Gasteiger charge is -2.28. The Kier molecular flexibility index (Phi) is 11.4. The Morgan fingerprint density at radius 3 is 2.58 bits per heavy atom. The molecule has 53 heavy (non-hydrogen) atoms. The molecule has 5 aromatic rings. The minimum absolute atomic E-state index is 0.156. The first kappa shape index (κ1) is 38.2. The number of alkyl halides is 1. The number of rotatable bonds is 12. The van der Waals surface area contributed by atoms with Crippen molar-refractivity contribution in [3.05, 3.63) is 94.2 Å². The summed E-state index contributed by atoms with van der Waals surface area (Å²) in [4.78, 5) is 28.4. The maximum atomic E-state index is 13.9. The van der Waals surface area contributed by atoms with Crippen molar-refractivity contribution >= 4 is 56.9 Å². The minimum Gasteiger partial charge on any atom is -0.493 e. The SMILES string of the molecule is CCc1c(-c2c(Cl)ccc3c(CCCOc4cccc5cc(F)ccc45)c(C(=O)O)n(C/C=C\CCl)c23)c(C2CCCN2C(=O)OC(C)(C)C)nn1C. The van der Waals surface area contributed by atoms with Gasteiger partial charge in [-0.05, 0) is 94.2 Å². The van der Waals surface area contributed by atoms with Crippen molar-refractivity contribution in [3.8, 4) is 16.9 Å². The summed E-state index contributed by atoms with van der Waals surface area (Å²) in [5, 5.41) is 18.5. The van der Waals surface area contributed by atoms with Crippen molar-refractivity contribution in [3.63, 3.8) is 0 Å². The van der Waals surface area contributed by atoms with Gasteiger partial charge in [-0.25, -0.2) is 14.0 Å². The van der Waals surface area contributed by atoms with Gasteiger partial charge in [0.15, 0.2) is 0 Å². The number of fused-ring (bicyclic) bond motifs is 2. The molecule has 1 fully saturated rings. The van der Waals surface area contributed by atoms with Gasteiger partial charge >= 0.3 is 12.1 Å². The Bertz CT molecular complexity index is 2200. The molecule has 3 heterocycles. The van der Waals surface area contributed by atoms with Gasteiger partial charge in [-0.15, -0.1) is 11.6 Å². The van der Waals surface area contributed by atoms with Gasteiger partial charge in [-0.3, -0.25) is 9.58 Å². The van der Waals surface area contributed by atoms with Crippen molar-refractivity contribution < 1.29 is 28.6 Å². The number of hydrogen-bond donors (Lipinski definition) is 1. The van der Waals surface area contributed by atoms with Gasteiger partial charge in [0.1, 0.15) is 22.9 Å². The van der Waals surface area contributed by atoms with Crippen molar-refractivity contribution in [2.75, 3.05) is 19.0 Å². The number of amides is 1. The molecule has 1 atom stereocenters. The fourth-order valence-electron chi connectivity index (χ4n) is 7.52. The molecule has 0 bridgehead atoms. The van der Waals surface area contributed by atoms with E-state index in [-0.39, 0.29) is 30.0 Å². The highest BCUT2D eigenvalue weighted by Crippen LogP contribution is 2.46. The molecule has 0 aliphatic carbocycles. The highest BCUT2D eigenvalue weighted by molar-refractivity contribution is 6.35. The molecule has 1 aliphatic rings. The molecule has 1 aliphatic heterocycles. The van der Waals surface area contributed by atoms with Crippen LogP contribution in [0.5, 0.6) is 5.75 Å². The minimum atomic E-state index is -1.07. The number of allylic oxidation sites excluding steroid dienone is 2. The summed E-state index contributed by atoms with van der Waals surface area (Å²) in [5.41, 5.74) is 3.91. The predicted octanol–water partition coefficient (Wildman–Crippen LogP) is 10.1. The first-order valence-electron chi connectivity index (χ1n) is 18.0. The zero-order valence-electron chi connectivity index (χ0n) is 30.7. The maximum absolute atomic E-state index is 13.9. The number of aromatic carboxylic acids is 1. The van der Waals surface area contributed by atoms with Crippen molar-refractivity contribution in [2.45, 2.75) is 78.0 Å². The average Bonchev–Trinajstić information content (AvgIpc) is 3.80. The molecule has 1 N–H and O–H groups in total. The van der Waals surface area contributed by atoms with E-state index in [4.69, 9.17) is 37.8 Å². The number of halogens is 3. The van der Waals surface area contributed by atoms with Crippen LogP contribution in [0.1, 0.15) is 80.4 Å². The van der Waals surface area contributed by atoms with E-state index in [2.05, 4.69) is 0 Å². The summed E-state index contributed by atoms with van der Waals surface area (Å²) in [7, 11) is 1.88.